The number of carboxylic acid groups (broad SMARTS) is 2. The van der Waals surface area contributed by atoms with E-state index >= 15 is 0 Å². The fourth-order valence-corrected chi connectivity index (χ4v) is 3.78. The van der Waals surface area contributed by atoms with Crippen LogP contribution in [0.2, 0.25) is 0 Å². The van der Waals surface area contributed by atoms with Crippen LogP contribution in [0.5, 0.6) is 0 Å². The van der Waals surface area contributed by atoms with Gasteiger partial charge in [-0.15, -0.1) is 0 Å². The quantitative estimate of drug-likeness (QED) is 0.680. The zero-order chi connectivity index (χ0) is 18.4. The van der Waals surface area contributed by atoms with E-state index in [0.29, 0.717) is 25.7 Å². The molecule has 0 spiro atoms. The zero-order valence-corrected chi connectivity index (χ0v) is 14.0. The average Bonchev–Trinajstić information content (AvgIpc) is 2.61. The van der Waals surface area contributed by atoms with Crippen molar-refractivity contribution in [2.45, 2.75) is 51.4 Å². The molecule has 0 aromatic rings. The number of hydrogen-bond donors (Lipinski definition) is 2. The molecular weight excluding hydrogens is 331 g/mol. The molecule has 0 heterocycles. The van der Waals surface area contributed by atoms with Gasteiger partial charge in [0, 0.05) is 0 Å². The largest absolute Gasteiger partial charge is 0.580 e. The molecule has 4 atom stereocenters. The van der Waals surface area contributed by atoms with E-state index in [9.17, 15) is 29.4 Å². The molecule has 8 nitrogen and oxygen atoms in total. The molecule has 0 aromatic carbocycles. The van der Waals surface area contributed by atoms with E-state index in [1.54, 1.807) is 0 Å². The summed E-state index contributed by atoms with van der Waals surface area (Å²) in [4.78, 5) is 46.6. The highest BCUT2D eigenvalue weighted by atomic mass is 16.6. The van der Waals surface area contributed by atoms with E-state index in [1.807, 2.05) is 0 Å². The molecule has 2 aliphatic carbocycles. The minimum absolute atomic E-state index is 0.428. The Morgan fingerprint density at radius 2 is 0.960 bits per heavy atom. The number of carboxylic acids is 2. The van der Waals surface area contributed by atoms with Crippen molar-refractivity contribution in [2.75, 3.05) is 0 Å². The van der Waals surface area contributed by atoms with Gasteiger partial charge < -0.3 is 19.5 Å². The van der Waals surface area contributed by atoms with Gasteiger partial charge in [0.2, 0.25) is 0 Å². The van der Waals surface area contributed by atoms with Crippen LogP contribution < -0.4 is 0 Å². The second kappa shape index (κ2) is 8.87. The van der Waals surface area contributed by atoms with Crippen molar-refractivity contribution in [3.63, 3.8) is 0 Å². The summed E-state index contributed by atoms with van der Waals surface area (Å²) in [5.74, 6) is -6.41. The third-order valence-corrected chi connectivity index (χ3v) is 5.17. The molecule has 2 aliphatic rings. The van der Waals surface area contributed by atoms with Crippen molar-refractivity contribution in [2.24, 2.45) is 23.7 Å². The van der Waals surface area contributed by atoms with E-state index in [-0.39, 0.29) is 0 Å². The molecule has 0 amide bonds. The number of hydrogen-bond acceptors (Lipinski definition) is 6. The first kappa shape index (κ1) is 19.3. The Labute approximate surface area is 146 Å². The summed E-state index contributed by atoms with van der Waals surface area (Å²) in [6, 6.07) is 0. The molecule has 9 heteroatoms. The van der Waals surface area contributed by atoms with Gasteiger partial charge in [-0.25, -0.2) is 0 Å². The lowest BCUT2D eigenvalue weighted by atomic mass is 9.79. The van der Waals surface area contributed by atoms with Crippen LogP contribution in [0, 0.1) is 23.7 Å². The number of carbonyl (C=O) groups is 4. The standard InChI is InChI=1S/C16H23BO8/c18-13(19)9-5-1-3-7-11(9)15(22)24-17-25-16(23)12-8-4-2-6-10(12)14(20)21/h9-12,17H,1-8H2,(H,18,19)(H,20,21). The second-order valence-electron chi connectivity index (χ2n) is 6.72. The van der Waals surface area contributed by atoms with E-state index < -0.39 is 55.2 Å². The molecule has 138 valence electrons. The molecule has 2 saturated carbocycles. The van der Waals surface area contributed by atoms with Crippen LogP contribution >= 0.6 is 0 Å². The van der Waals surface area contributed by atoms with Crippen LogP contribution in [0.4, 0.5) is 0 Å². The first-order chi connectivity index (χ1) is 11.9. The van der Waals surface area contributed by atoms with Gasteiger partial charge in [-0.3, -0.25) is 19.2 Å². The predicted octanol–water partition coefficient (Wildman–Crippen LogP) is 1.12. The first-order valence-electron chi connectivity index (χ1n) is 8.70. The van der Waals surface area contributed by atoms with Crippen molar-refractivity contribution in [3.8, 4) is 0 Å². The summed E-state index contributed by atoms with van der Waals surface area (Å²) in [6.07, 6.45) is 4.76. The third-order valence-electron chi connectivity index (χ3n) is 5.17. The molecule has 2 fully saturated rings. The fraction of sp³-hybridized carbons (Fsp3) is 0.750. The van der Waals surface area contributed by atoms with E-state index in [2.05, 4.69) is 0 Å². The maximum Gasteiger partial charge on any atom is 0.580 e. The Balaban J connectivity index is 1.82. The number of carbonyl (C=O) groups excluding carboxylic acids is 2. The van der Waals surface area contributed by atoms with Gasteiger partial charge in [-0.2, -0.15) is 0 Å². The van der Waals surface area contributed by atoms with Crippen LogP contribution in [0.1, 0.15) is 51.4 Å². The normalized spacial score (nSPS) is 29.3. The molecule has 2 N–H and O–H groups in total. The topological polar surface area (TPSA) is 127 Å². The van der Waals surface area contributed by atoms with Gasteiger partial charge in [0.15, 0.2) is 0 Å². The molecular formula is C16H23BO8. The zero-order valence-electron chi connectivity index (χ0n) is 14.0. The smallest absolute Gasteiger partial charge is 0.502 e. The molecule has 0 aliphatic heterocycles. The van der Waals surface area contributed by atoms with Crippen LogP contribution in [-0.2, 0) is 28.5 Å². The Morgan fingerprint density at radius 1 is 0.640 bits per heavy atom. The van der Waals surface area contributed by atoms with Gasteiger partial charge in [-0.1, -0.05) is 25.7 Å². The van der Waals surface area contributed by atoms with E-state index in [1.165, 1.54) is 0 Å². The van der Waals surface area contributed by atoms with Crippen molar-refractivity contribution in [1.29, 1.82) is 0 Å². The lowest BCUT2D eigenvalue weighted by molar-refractivity contribution is -0.157. The van der Waals surface area contributed by atoms with Gasteiger partial charge in [0.1, 0.15) is 0 Å². The molecule has 0 saturated heterocycles. The lowest BCUT2D eigenvalue weighted by Gasteiger charge is -2.28. The third kappa shape index (κ3) is 4.96. The summed E-state index contributed by atoms with van der Waals surface area (Å²) in [7, 11) is -0.608. The molecule has 0 aromatic heterocycles. The van der Waals surface area contributed by atoms with Crippen LogP contribution in [-0.4, -0.2) is 41.8 Å². The van der Waals surface area contributed by atoms with Crippen LogP contribution in [0.25, 0.3) is 0 Å². The molecule has 4 unspecified atom stereocenters. The highest BCUT2D eigenvalue weighted by Gasteiger charge is 2.38. The van der Waals surface area contributed by atoms with Gasteiger partial charge in [-0.05, 0) is 25.7 Å². The van der Waals surface area contributed by atoms with Crippen LogP contribution in [0.15, 0.2) is 0 Å². The van der Waals surface area contributed by atoms with Crippen molar-refractivity contribution < 1.29 is 38.7 Å². The molecule has 0 bridgehead atoms. The summed E-state index contributed by atoms with van der Waals surface area (Å²) in [5, 5.41) is 18.3. The van der Waals surface area contributed by atoms with Gasteiger partial charge >= 0.3 is 19.6 Å². The minimum atomic E-state index is -1.02. The van der Waals surface area contributed by atoms with E-state index in [0.717, 1.165) is 25.7 Å². The average molecular weight is 354 g/mol. The maximum atomic E-state index is 12.1. The van der Waals surface area contributed by atoms with Gasteiger partial charge in [0.05, 0.1) is 23.7 Å². The SMILES string of the molecule is O=C(O)C1CCCCC1C(=O)OBOC(=O)C1CCCCC1C(=O)O. The summed E-state index contributed by atoms with van der Waals surface area (Å²) in [5.41, 5.74) is 0. The highest BCUT2D eigenvalue weighted by Crippen LogP contribution is 2.32. The van der Waals surface area contributed by atoms with Crippen molar-refractivity contribution >= 4 is 31.6 Å². The summed E-state index contributed by atoms with van der Waals surface area (Å²) >= 11 is 0. The summed E-state index contributed by atoms with van der Waals surface area (Å²) in [6.45, 7) is 0. The second-order valence-corrected chi connectivity index (χ2v) is 6.72. The lowest BCUT2D eigenvalue weighted by Crippen LogP contribution is -2.37. The minimum Gasteiger partial charge on any atom is -0.502 e. The van der Waals surface area contributed by atoms with Crippen LogP contribution in [0.3, 0.4) is 0 Å². The Bertz CT molecular complexity index is 488. The molecule has 2 rings (SSSR count). The highest BCUT2D eigenvalue weighted by molar-refractivity contribution is 6.26. The monoisotopic (exact) mass is 354 g/mol. The van der Waals surface area contributed by atoms with Gasteiger partial charge in [0.25, 0.3) is 11.9 Å². The Kier molecular flexibility index (Phi) is 6.84. The van der Waals surface area contributed by atoms with Crippen molar-refractivity contribution in [1.82, 2.24) is 0 Å². The predicted molar refractivity (Wildman–Crippen MR) is 85.5 cm³/mol. The van der Waals surface area contributed by atoms with E-state index in [4.69, 9.17) is 9.31 Å². The van der Waals surface area contributed by atoms with Crippen molar-refractivity contribution in [3.05, 3.63) is 0 Å². The summed E-state index contributed by atoms with van der Waals surface area (Å²) < 4.78 is 9.85. The fourth-order valence-electron chi connectivity index (χ4n) is 3.78. The Morgan fingerprint density at radius 3 is 1.28 bits per heavy atom. The Hall–Kier alpha value is -2.06. The number of aliphatic carboxylic acids is 2. The molecule has 25 heavy (non-hydrogen) atoms. The first-order valence-corrected chi connectivity index (χ1v) is 8.70. The molecule has 0 radical (unpaired) electrons. The maximum absolute atomic E-state index is 12.1. The number of rotatable bonds is 6.